The molecule has 1 fully saturated rings. The monoisotopic (exact) mass is 442 g/mol. The van der Waals surface area contributed by atoms with E-state index in [0.29, 0.717) is 13.0 Å². The lowest BCUT2D eigenvalue weighted by Crippen LogP contribution is -2.57. The van der Waals surface area contributed by atoms with Crippen LogP contribution in [0.5, 0.6) is 0 Å². The number of piperazine rings is 1. The van der Waals surface area contributed by atoms with Gasteiger partial charge in [-0.3, -0.25) is 0 Å². The summed E-state index contributed by atoms with van der Waals surface area (Å²) in [6.45, 7) is 7.50. The van der Waals surface area contributed by atoms with Crippen LogP contribution >= 0.6 is 23.2 Å². The third kappa shape index (κ3) is 3.65. The molecular weight excluding hydrogens is 419 g/mol. The highest BCUT2D eigenvalue weighted by Crippen LogP contribution is 2.39. The maximum atomic E-state index is 6.55. The Kier molecular flexibility index (Phi) is 5.10. The van der Waals surface area contributed by atoms with Crippen molar-refractivity contribution in [3.63, 3.8) is 0 Å². The van der Waals surface area contributed by atoms with Gasteiger partial charge in [-0.05, 0) is 42.5 Å². The standard InChI is InChI=1S/C23H24Cl2N4O/c1-23(2)13-29(10-9-26-23)21-16-12-30-19(11-18(16)27-22(25)28-21)15-7-3-5-14-6-4-8-17(24)20(14)15/h3-8,19,26H,9-13H2,1-2H3. The summed E-state index contributed by atoms with van der Waals surface area (Å²) < 4.78 is 6.35. The van der Waals surface area contributed by atoms with Gasteiger partial charge in [0, 0.05) is 47.6 Å². The zero-order valence-electron chi connectivity index (χ0n) is 17.1. The van der Waals surface area contributed by atoms with E-state index < -0.39 is 0 Å². The minimum absolute atomic E-state index is 0.0142. The van der Waals surface area contributed by atoms with E-state index in [2.05, 4.69) is 52.2 Å². The molecular formula is C23H24Cl2N4O. The van der Waals surface area contributed by atoms with Crippen molar-refractivity contribution < 1.29 is 4.74 Å². The summed E-state index contributed by atoms with van der Waals surface area (Å²) in [5, 5.41) is 6.72. The molecule has 0 bridgehead atoms. The minimum atomic E-state index is -0.126. The molecule has 156 valence electrons. The van der Waals surface area contributed by atoms with Gasteiger partial charge in [-0.1, -0.05) is 41.9 Å². The van der Waals surface area contributed by atoms with Crippen LogP contribution < -0.4 is 10.2 Å². The van der Waals surface area contributed by atoms with Gasteiger partial charge in [0.2, 0.25) is 5.28 Å². The van der Waals surface area contributed by atoms with E-state index in [1.165, 1.54) is 0 Å². The van der Waals surface area contributed by atoms with Crippen molar-refractivity contribution in [1.29, 1.82) is 0 Å². The van der Waals surface area contributed by atoms with Gasteiger partial charge in [0.1, 0.15) is 5.82 Å². The van der Waals surface area contributed by atoms with Gasteiger partial charge in [-0.15, -0.1) is 0 Å². The predicted octanol–water partition coefficient (Wildman–Crippen LogP) is 4.94. The van der Waals surface area contributed by atoms with E-state index in [4.69, 9.17) is 27.9 Å². The van der Waals surface area contributed by atoms with E-state index in [0.717, 1.165) is 58.1 Å². The van der Waals surface area contributed by atoms with Crippen LogP contribution in [-0.4, -0.2) is 35.1 Å². The molecule has 0 spiro atoms. The van der Waals surface area contributed by atoms with Crippen LogP contribution in [0.3, 0.4) is 0 Å². The van der Waals surface area contributed by atoms with Gasteiger partial charge in [-0.25, -0.2) is 9.97 Å². The smallest absolute Gasteiger partial charge is 0.224 e. The number of benzene rings is 2. The molecule has 2 aliphatic rings. The minimum Gasteiger partial charge on any atom is -0.368 e. The summed E-state index contributed by atoms with van der Waals surface area (Å²) in [5.74, 6) is 0.897. The number of halogens is 2. The topological polar surface area (TPSA) is 50.3 Å². The molecule has 30 heavy (non-hydrogen) atoms. The van der Waals surface area contributed by atoms with Crippen LogP contribution in [0.1, 0.15) is 36.8 Å². The number of nitrogens with one attached hydrogen (secondary N) is 1. The molecule has 1 aromatic heterocycles. The first-order chi connectivity index (χ1) is 14.4. The van der Waals surface area contributed by atoms with Gasteiger partial charge < -0.3 is 15.0 Å². The molecule has 7 heteroatoms. The maximum absolute atomic E-state index is 6.55. The molecule has 1 unspecified atom stereocenters. The van der Waals surface area contributed by atoms with Gasteiger partial charge in [-0.2, -0.15) is 0 Å². The van der Waals surface area contributed by atoms with Crippen LogP contribution in [0.2, 0.25) is 10.3 Å². The summed E-state index contributed by atoms with van der Waals surface area (Å²) in [6.07, 6.45) is 0.518. The second kappa shape index (κ2) is 7.65. The molecule has 5 rings (SSSR count). The quantitative estimate of drug-likeness (QED) is 0.569. The fraction of sp³-hybridized carbons (Fsp3) is 0.391. The Balaban J connectivity index is 1.52. The van der Waals surface area contributed by atoms with Crippen LogP contribution in [0.25, 0.3) is 10.8 Å². The Morgan fingerprint density at radius 2 is 1.93 bits per heavy atom. The third-order valence-electron chi connectivity index (χ3n) is 5.96. The number of nitrogens with zero attached hydrogens (tertiary/aromatic N) is 3. The highest BCUT2D eigenvalue weighted by Gasteiger charge is 2.32. The molecule has 0 radical (unpaired) electrons. The predicted molar refractivity (Wildman–Crippen MR) is 122 cm³/mol. The van der Waals surface area contributed by atoms with Crippen molar-refractivity contribution in [2.45, 2.75) is 38.5 Å². The molecule has 1 atom stereocenters. The number of hydrogen-bond acceptors (Lipinski definition) is 5. The fourth-order valence-electron chi connectivity index (χ4n) is 4.60. The van der Waals surface area contributed by atoms with Gasteiger partial charge in [0.15, 0.2) is 0 Å². The van der Waals surface area contributed by atoms with Gasteiger partial charge >= 0.3 is 0 Å². The normalized spacial score (nSPS) is 20.9. The molecule has 0 aliphatic carbocycles. The molecule has 2 aliphatic heterocycles. The number of anilines is 1. The van der Waals surface area contributed by atoms with Crippen molar-refractivity contribution in [2.24, 2.45) is 0 Å². The van der Waals surface area contributed by atoms with E-state index >= 15 is 0 Å². The van der Waals surface area contributed by atoms with Gasteiger partial charge in [0.05, 0.1) is 18.4 Å². The zero-order chi connectivity index (χ0) is 20.9. The van der Waals surface area contributed by atoms with E-state index in [9.17, 15) is 0 Å². The fourth-order valence-corrected chi connectivity index (χ4v) is 5.07. The first-order valence-corrected chi connectivity index (χ1v) is 11.0. The van der Waals surface area contributed by atoms with E-state index in [1.54, 1.807) is 0 Å². The number of rotatable bonds is 2. The first kappa shape index (κ1) is 20.0. The Hall–Kier alpha value is -1.92. The number of hydrogen-bond donors (Lipinski definition) is 1. The Labute approximate surface area is 186 Å². The van der Waals surface area contributed by atoms with Crippen molar-refractivity contribution in [3.8, 4) is 0 Å². The van der Waals surface area contributed by atoms with Crippen molar-refractivity contribution in [3.05, 3.63) is 63.5 Å². The van der Waals surface area contributed by atoms with Crippen LogP contribution in [0.15, 0.2) is 36.4 Å². The van der Waals surface area contributed by atoms with Crippen molar-refractivity contribution >= 4 is 39.8 Å². The highest BCUT2D eigenvalue weighted by molar-refractivity contribution is 6.35. The summed E-state index contributed by atoms with van der Waals surface area (Å²) in [6, 6.07) is 12.2. The van der Waals surface area contributed by atoms with E-state index in [-0.39, 0.29) is 16.9 Å². The lowest BCUT2D eigenvalue weighted by atomic mass is 9.94. The Morgan fingerprint density at radius 1 is 1.13 bits per heavy atom. The van der Waals surface area contributed by atoms with Crippen LogP contribution in [-0.2, 0) is 17.8 Å². The van der Waals surface area contributed by atoms with E-state index in [1.807, 2.05) is 18.2 Å². The largest absolute Gasteiger partial charge is 0.368 e. The average Bonchev–Trinajstić information content (AvgIpc) is 2.72. The Bertz CT molecular complexity index is 1110. The molecule has 3 heterocycles. The molecule has 1 saturated heterocycles. The summed E-state index contributed by atoms with van der Waals surface area (Å²) >= 11 is 12.9. The molecule has 1 N–H and O–H groups in total. The second-order valence-corrected chi connectivity index (χ2v) is 9.41. The van der Waals surface area contributed by atoms with Crippen LogP contribution in [0, 0.1) is 0 Å². The van der Waals surface area contributed by atoms with Crippen molar-refractivity contribution in [1.82, 2.24) is 15.3 Å². The summed E-state index contributed by atoms with van der Waals surface area (Å²) in [4.78, 5) is 11.5. The number of fused-ring (bicyclic) bond motifs is 2. The third-order valence-corrected chi connectivity index (χ3v) is 6.44. The van der Waals surface area contributed by atoms with Crippen LogP contribution in [0.4, 0.5) is 5.82 Å². The molecule has 5 nitrogen and oxygen atoms in total. The Morgan fingerprint density at radius 3 is 2.73 bits per heavy atom. The van der Waals surface area contributed by atoms with Crippen molar-refractivity contribution in [2.75, 3.05) is 24.5 Å². The number of aromatic nitrogens is 2. The average molecular weight is 443 g/mol. The summed E-state index contributed by atoms with van der Waals surface area (Å²) in [5.41, 5.74) is 3.10. The summed E-state index contributed by atoms with van der Waals surface area (Å²) in [7, 11) is 0. The molecule has 0 amide bonds. The number of ether oxygens (including phenoxy) is 1. The lowest BCUT2D eigenvalue weighted by Gasteiger charge is -2.41. The molecule has 2 aromatic carbocycles. The maximum Gasteiger partial charge on any atom is 0.224 e. The van der Waals surface area contributed by atoms with Gasteiger partial charge in [0.25, 0.3) is 0 Å². The first-order valence-electron chi connectivity index (χ1n) is 10.3. The highest BCUT2D eigenvalue weighted by atomic mass is 35.5. The molecule has 3 aromatic rings. The SMILES string of the molecule is CC1(C)CN(c2nc(Cl)nc3c2COC(c2cccc4cccc(Cl)c24)C3)CCN1. The zero-order valence-corrected chi connectivity index (χ0v) is 18.6. The lowest BCUT2D eigenvalue weighted by molar-refractivity contribution is 0.0269. The molecule has 0 saturated carbocycles. The second-order valence-electron chi connectivity index (χ2n) is 8.66.